The molecular formula is C14H13N3O. The second-order valence-electron chi connectivity index (χ2n) is 4.13. The maximum Gasteiger partial charge on any atom is 0.213 e. The molecule has 0 amide bonds. The number of rotatable bonds is 4. The molecule has 0 saturated heterocycles. The van der Waals surface area contributed by atoms with Crippen LogP contribution in [0.15, 0.2) is 53.4 Å². The Morgan fingerprint density at radius 2 is 1.89 bits per heavy atom. The molecule has 0 aliphatic rings. The van der Waals surface area contributed by atoms with Gasteiger partial charge in [0.05, 0.1) is 6.54 Å². The van der Waals surface area contributed by atoms with E-state index in [-0.39, 0.29) is 0 Å². The van der Waals surface area contributed by atoms with Gasteiger partial charge in [-0.1, -0.05) is 41.6 Å². The molecule has 0 aliphatic carbocycles. The van der Waals surface area contributed by atoms with Crippen LogP contribution >= 0.6 is 0 Å². The Hall–Kier alpha value is -2.20. The van der Waals surface area contributed by atoms with Crippen LogP contribution in [0.1, 0.15) is 11.4 Å². The molecule has 3 aromatic rings. The minimum Gasteiger partial charge on any atom is -0.343 e. The Balaban J connectivity index is 1.67. The Morgan fingerprint density at radius 1 is 1.00 bits per heavy atom. The zero-order valence-corrected chi connectivity index (χ0v) is 9.84. The van der Waals surface area contributed by atoms with Crippen molar-refractivity contribution in [3.05, 3.63) is 60.2 Å². The number of nitrogens with zero attached hydrogens (tertiary/aromatic N) is 2. The van der Waals surface area contributed by atoms with Gasteiger partial charge in [0.25, 0.3) is 0 Å². The lowest BCUT2D eigenvalue weighted by molar-refractivity contribution is 0.407. The standard InChI is InChI=1S/C14H13N3O/c1-2-4-13-7-11(5-6-12(13)3-1)8-15-9-14-16-10-18-17-14/h1-7,10,15H,8-9H2. The van der Waals surface area contributed by atoms with Crippen molar-refractivity contribution >= 4 is 10.8 Å². The monoisotopic (exact) mass is 239 g/mol. The summed E-state index contributed by atoms with van der Waals surface area (Å²) in [5.41, 5.74) is 1.25. The molecule has 0 spiro atoms. The highest BCUT2D eigenvalue weighted by Crippen LogP contribution is 2.15. The van der Waals surface area contributed by atoms with Crippen molar-refractivity contribution in [2.45, 2.75) is 13.1 Å². The van der Waals surface area contributed by atoms with Crippen molar-refractivity contribution in [1.29, 1.82) is 0 Å². The molecule has 2 aromatic carbocycles. The van der Waals surface area contributed by atoms with Gasteiger partial charge in [0.2, 0.25) is 6.39 Å². The molecule has 18 heavy (non-hydrogen) atoms. The average Bonchev–Trinajstić information content (AvgIpc) is 2.92. The second kappa shape index (κ2) is 4.98. The Bertz CT molecular complexity index is 634. The minimum absolute atomic E-state index is 0.614. The van der Waals surface area contributed by atoms with Crippen LogP contribution < -0.4 is 5.32 Å². The van der Waals surface area contributed by atoms with Crippen LogP contribution in [0.25, 0.3) is 10.8 Å². The highest BCUT2D eigenvalue weighted by molar-refractivity contribution is 5.82. The van der Waals surface area contributed by atoms with Gasteiger partial charge in [-0.15, -0.1) is 0 Å². The normalized spacial score (nSPS) is 10.9. The molecule has 0 fully saturated rings. The first kappa shape index (κ1) is 10.9. The third kappa shape index (κ3) is 2.38. The summed E-state index contributed by atoms with van der Waals surface area (Å²) < 4.78 is 4.67. The van der Waals surface area contributed by atoms with Crippen molar-refractivity contribution in [2.24, 2.45) is 0 Å². The van der Waals surface area contributed by atoms with E-state index >= 15 is 0 Å². The summed E-state index contributed by atoms with van der Waals surface area (Å²) in [6, 6.07) is 14.8. The lowest BCUT2D eigenvalue weighted by Gasteiger charge is -2.04. The lowest BCUT2D eigenvalue weighted by Crippen LogP contribution is -2.13. The number of fused-ring (bicyclic) bond motifs is 1. The van der Waals surface area contributed by atoms with Crippen molar-refractivity contribution in [3.8, 4) is 0 Å². The van der Waals surface area contributed by atoms with Crippen molar-refractivity contribution in [2.75, 3.05) is 0 Å². The van der Waals surface area contributed by atoms with E-state index in [1.54, 1.807) is 0 Å². The van der Waals surface area contributed by atoms with Gasteiger partial charge in [0, 0.05) is 6.54 Å². The molecule has 90 valence electrons. The number of nitrogens with one attached hydrogen (secondary N) is 1. The fraction of sp³-hybridized carbons (Fsp3) is 0.143. The van der Waals surface area contributed by atoms with Crippen LogP contribution in [-0.2, 0) is 13.1 Å². The van der Waals surface area contributed by atoms with Crippen LogP contribution in [0.4, 0.5) is 0 Å². The van der Waals surface area contributed by atoms with Gasteiger partial charge in [0.15, 0.2) is 5.82 Å². The lowest BCUT2D eigenvalue weighted by atomic mass is 10.1. The SMILES string of the molecule is c1ccc2cc(CNCc3ncon3)ccc2c1. The number of hydrogen-bond acceptors (Lipinski definition) is 4. The number of benzene rings is 2. The zero-order valence-electron chi connectivity index (χ0n) is 9.84. The van der Waals surface area contributed by atoms with Crippen LogP contribution in [-0.4, -0.2) is 10.1 Å². The van der Waals surface area contributed by atoms with E-state index in [2.05, 4.69) is 62.4 Å². The quantitative estimate of drug-likeness (QED) is 0.760. The first-order chi connectivity index (χ1) is 8.92. The smallest absolute Gasteiger partial charge is 0.213 e. The molecule has 1 heterocycles. The highest BCUT2D eigenvalue weighted by Gasteiger charge is 1.99. The van der Waals surface area contributed by atoms with Crippen LogP contribution in [0.2, 0.25) is 0 Å². The van der Waals surface area contributed by atoms with Crippen LogP contribution in [0.3, 0.4) is 0 Å². The van der Waals surface area contributed by atoms with Gasteiger partial charge in [0.1, 0.15) is 0 Å². The second-order valence-corrected chi connectivity index (χ2v) is 4.13. The fourth-order valence-corrected chi connectivity index (χ4v) is 1.94. The van der Waals surface area contributed by atoms with Crippen LogP contribution in [0, 0.1) is 0 Å². The van der Waals surface area contributed by atoms with E-state index in [1.165, 1.54) is 22.7 Å². The Labute approximate surface area is 105 Å². The van der Waals surface area contributed by atoms with Gasteiger partial charge in [-0.25, -0.2) is 0 Å². The molecule has 0 unspecified atom stereocenters. The largest absolute Gasteiger partial charge is 0.343 e. The summed E-state index contributed by atoms with van der Waals surface area (Å²) in [7, 11) is 0. The minimum atomic E-state index is 0.614. The molecule has 1 aromatic heterocycles. The molecule has 0 radical (unpaired) electrons. The van der Waals surface area contributed by atoms with E-state index in [0.717, 1.165) is 6.54 Å². The first-order valence-corrected chi connectivity index (χ1v) is 5.85. The maximum absolute atomic E-state index is 4.67. The molecule has 1 N–H and O–H groups in total. The topological polar surface area (TPSA) is 51.0 Å². The zero-order chi connectivity index (χ0) is 12.2. The molecule has 4 heteroatoms. The summed E-state index contributed by atoms with van der Waals surface area (Å²) in [4.78, 5) is 3.96. The summed E-state index contributed by atoms with van der Waals surface area (Å²) in [6.07, 6.45) is 1.34. The predicted octanol–water partition coefficient (Wildman–Crippen LogP) is 2.51. The van der Waals surface area contributed by atoms with Gasteiger partial charge in [-0.05, 0) is 22.4 Å². The van der Waals surface area contributed by atoms with E-state index in [0.29, 0.717) is 12.4 Å². The summed E-state index contributed by atoms with van der Waals surface area (Å²) in [6.45, 7) is 1.41. The molecule has 0 atom stereocenters. The van der Waals surface area contributed by atoms with Crippen molar-refractivity contribution in [1.82, 2.24) is 15.5 Å². The molecule has 0 aliphatic heterocycles. The Morgan fingerprint density at radius 3 is 2.72 bits per heavy atom. The third-order valence-electron chi connectivity index (χ3n) is 2.83. The van der Waals surface area contributed by atoms with E-state index in [9.17, 15) is 0 Å². The average molecular weight is 239 g/mol. The number of hydrogen-bond donors (Lipinski definition) is 1. The van der Waals surface area contributed by atoms with Crippen molar-refractivity contribution in [3.63, 3.8) is 0 Å². The first-order valence-electron chi connectivity index (χ1n) is 5.85. The highest BCUT2D eigenvalue weighted by atomic mass is 16.5. The van der Waals surface area contributed by atoms with E-state index < -0.39 is 0 Å². The van der Waals surface area contributed by atoms with E-state index in [4.69, 9.17) is 0 Å². The molecule has 3 rings (SSSR count). The van der Waals surface area contributed by atoms with E-state index in [1.807, 2.05) is 0 Å². The Kier molecular flexibility index (Phi) is 3.02. The molecule has 0 bridgehead atoms. The molecule has 4 nitrogen and oxygen atoms in total. The van der Waals surface area contributed by atoms with Gasteiger partial charge < -0.3 is 9.84 Å². The van der Waals surface area contributed by atoms with Gasteiger partial charge in [-0.2, -0.15) is 4.98 Å². The predicted molar refractivity (Wildman–Crippen MR) is 68.8 cm³/mol. The summed E-state index contributed by atoms with van der Waals surface area (Å²) >= 11 is 0. The molecule has 0 saturated carbocycles. The summed E-state index contributed by atoms with van der Waals surface area (Å²) in [5.74, 6) is 0.677. The fourth-order valence-electron chi connectivity index (χ4n) is 1.94. The number of aromatic nitrogens is 2. The third-order valence-corrected chi connectivity index (χ3v) is 2.83. The van der Waals surface area contributed by atoms with Crippen LogP contribution in [0.5, 0.6) is 0 Å². The summed E-state index contributed by atoms with van der Waals surface area (Å²) in [5, 5.41) is 9.56. The van der Waals surface area contributed by atoms with Gasteiger partial charge >= 0.3 is 0 Å². The maximum atomic E-state index is 4.67. The molecular weight excluding hydrogens is 226 g/mol. The van der Waals surface area contributed by atoms with Crippen molar-refractivity contribution < 1.29 is 4.52 Å². The van der Waals surface area contributed by atoms with Gasteiger partial charge in [-0.3, -0.25) is 0 Å².